The molecule has 2 aromatic rings. The minimum atomic E-state index is 0.476. The molecule has 0 spiro atoms. The summed E-state index contributed by atoms with van der Waals surface area (Å²) < 4.78 is 0. The maximum atomic E-state index is 4.82. The molecule has 0 bridgehead atoms. The van der Waals surface area contributed by atoms with Crippen LogP contribution in [-0.2, 0) is 13.0 Å². The molecule has 1 unspecified atom stereocenters. The first-order valence-electron chi connectivity index (χ1n) is 14.4. The highest BCUT2D eigenvalue weighted by Gasteiger charge is 2.11. The van der Waals surface area contributed by atoms with Gasteiger partial charge in [-0.05, 0) is 86.4 Å². The van der Waals surface area contributed by atoms with Gasteiger partial charge >= 0.3 is 0 Å². The van der Waals surface area contributed by atoms with Crippen LogP contribution in [0.25, 0.3) is 5.57 Å². The van der Waals surface area contributed by atoms with Gasteiger partial charge in [0.2, 0.25) is 0 Å². The summed E-state index contributed by atoms with van der Waals surface area (Å²) in [7, 11) is 0. The smallest absolute Gasteiger partial charge is 0.0644 e. The quantitative estimate of drug-likeness (QED) is 0.134. The lowest BCUT2D eigenvalue weighted by Gasteiger charge is -2.14. The normalized spacial score (nSPS) is 12.0. The summed E-state index contributed by atoms with van der Waals surface area (Å²) in [6.45, 7) is 25.9. The summed E-state index contributed by atoms with van der Waals surface area (Å²) in [5.74, 6) is 0.476. The summed E-state index contributed by atoms with van der Waals surface area (Å²) in [5.41, 5.74) is 7.71. The minimum absolute atomic E-state index is 0.476. The van der Waals surface area contributed by atoms with Gasteiger partial charge in [0.25, 0.3) is 0 Å². The molecule has 0 aliphatic carbocycles. The molecule has 0 amide bonds. The zero-order chi connectivity index (χ0) is 31.2. The van der Waals surface area contributed by atoms with Gasteiger partial charge in [-0.2, -0.15) is 0 Å². The predicted octanol–water partition coefficient (Wildman–Crippen LogP) is 11.3. The molecule has 0 aliphatic rings. The van der Waals surface area contributed by atoms with E-state index in [1.807, 2.05) is 31.5 Å². The highest BCUT2D eigenvalue weighted by atomic mass is 14.7. The number of allylic oxidation sites excluding steroid dienone is 8. The van der Waals surface area contributed by atoms with Crippen LogP contribution in [0.2, 0.25) is 0 Å². The third-order valence-corrected chi connectivity index (χ3v) is 5.58. The highest BCUT2D eigenvalue weighted by Crippen LogP contribution is 2.21. The number of aryl methyl sites for hydroxylation is 1. The average Bonchev–Trinajstić information content (AvgIpc) is 3.02. The average molecular weight is 541 g/mol. The molecular formula is C38H56N2. The molecule has 0 saturated carbocycles. The third kappa shape index (κ3) is 17.7. The van der Waals surface area contributed by atoms with E-state index in [0.29, 0.717) is 5.92 Å². The van der Waals surface area contributed by atoms with Crippen molar-refractivity contribution in [2.75, 3.05) is 0 Å². The number of aromatic nitrogens is 1. The van der Waals surface area contributed by atoms with Crippen LogP contribution in [0.3, 0.4) is 0 Å². The number of nitrogens with zero attached hydrogens (tertiary/aromatic N) is 2. The number of terminal acetylenes is 1. The van der Waals surface area contributed by atoms with E-state index in [2.05, 4.69) is 147 Å². The van der Waals surface area contributed by atoms with Crippen molar-refractivity contribution in [1.82, 2.24) is 4.98 Å². The number of aliphatic imine (C=N–C) groups is 1. The Morgan fingerprint density at radius 3 is 1.88 bits per heavy atom. The van der Waals surface area contributed by atoms with Crippen LogP contribution < -0.4 is 0 Å². The van der Waals surface area contributed by atoms with E-state index in [9.17, 15) is 0 Å². The number of hydrogen-bond donors (Lipinski definition) is 0. The van der Waals surface area contributed by atoms with Crippen LogP contribution in [0, 0.1) is 18.8 Å². The zero-order valence-electron chi connectivity index (χ0n) is 27.0. The summed E-state index contributed by atoms with van der Waals surface area (Å²) in [6, 6.07) is 12.6. The van der Waals surface area contributed by atoms with Gasteiger partial charge in [-0.1, -0.05) is 102 Å². The molecule has 2 heteroatoms. The lowest BCUT2D eigenvalue weighted by atomic mass is 9.95. The Bertz CT molecular complexity index is 1030. The fourth-order valence-electron chi connectivity index (χ4n) is 3.53. The summed E-state index contributed by atoms with van der Waals surface area (Å²) >= 11 is 0. The van der Waals surface area contributed by atoms with Gasteiger partial charge in [0.05, 0.1) is 6.54 Å². The maximum absolute atomic E-state index is 4.82. The lowest BCUT2D eigenvalue weighted by molar-refractivity contribution is 0.734. The number of rotatable bonds is 9. The van der Waals surface area contributed by atoms with Crippen LogP contribution in [0.5, 0.6) is 0 Å². The first kappa shape index (κ1) is 40.8. The Morgan fingerprint density at radius 2 is 1.43 bits per heavy atom. The third-order valence-electron chi connectivity index (χ3n) is 5.58. The van der Waals surface area contributed by atoms with Crippen molar-refractivity contribution in [2.45, 2.75) is 88.1 Å². The molecule has 1 aromatic carbocycles. The Labute approximate surface area is 248 Å². The van der Waals surface area contributed by atoms with E-state index < -0.39 is 0 Å². The lowest BCUT2D eigenvalue weighted by Crippen LogP contribution is -2.13. The molecule has 218 valence electrons. The molecule has 0 fully saturated rings. The largest absolute Gasteiger partial charge is 0.284 e. The molecule has 0 N–H and O–H groups in total. The van der Waals surface area contributed by atoms with Crippen molar-refractivity contribution in [2.24, 2.45) is 10.9 Å². The van der Waals surface area contributed by atoms with Gasteiger partial charge in [-0.25, -0.2) is 0 Å². The van der Waals surface area contributed by atoms with E-state index >= 15 is 0 Å². The molecular weight excluding hydrogens is 484 g/mol. The van der Waals surface area contributed by atoms with Gasteiger partial charge < -0.3 is 0 Å². The summed E-state index contributed by atoms with van der Waals surface area (Å²) in [6.07, 6.45) is 27.8. The SMILES string of the molecule is C#C.C/C=C\C(=C/C)C(=NCc1ccncc1)C(C)CC.C/C=C\C(=C/C)c1ccccc1CC.C=C.CCC. The van der Waals surface area contributed by atoms with Gasteiger partial charge in [-0.3, -0.25) is 9.98 Å². The van der Waals surface area contributed by atoms with Crippen molar-refractivity contribution in [3.63, 3.8) is 0 Å². The standard InChI is InChI=1S/C17H24N2.C14H18.C3H8.C2H4.C2H2/c1-5-8-16(7-3)17(14(4)6-2)19-13-15-9-11-18-12-10-15;1-4-9-12(5-2)14-11-8-7-10-13(14)6-3;1-3-2;2*1-2/h5,7-12,14H,6,13H2,1-4H3;4-5,7-11H,6H2,1-3H3;3H2,1-2H3;1-2H2;1-2H/b8-5-,16-7+,19-17?;9-4-,12-5+;;;. The molecule has 0 aliphatic heterocycles. The van der Waals surface area contributed by atoms with E-state index in [1.165, 1.54) is 40.0 Å². The van der Waals surface area contributed by atoms with Crippen LogP contribution in [0.1, 0.15) is 91.8 Å². The first-order chi connectivity index (χ1) is 19.5. The molecule has 2 nitrogen and oxygen atoms in total. The van der Waals surface area contributed by atoms with Crippen molar-refractivity contribution >= 4 is 11.3 Å². The Balaban J connectivity index is -0.000000573. The topological polar surface area (TPSA) is 25.2 Å². The highest BCUT2D eigenvalue weighted by molar-refractivity contribution is 6.03. The second-order valence-electron chi connectivity index (χ2n) is 8.57. The molecule has 1 heterocycles. The van der Waals surface area contributed by atoms with Crippen LogP contribution in [-0.4, -0.2) is 10.7 Å². The molecule has 0 radical (unpaired) electrons. The molecule has 1 aromatic heterocycles. The zero-order valence-corrected chi connectivity index (χ0v) is 27.0. The Morgan fingerprint density at radius 1 is 0.875 bits per heavy atom. The number of pyridine rings is 1. The van der Waals surface area contributed by atoms with E-state index in [4.69, 9.17) is 4.99 Å². The summed E-state index contributed by atoms with van der Waals surface area (Å²) in [4.78, 5) is 8.86. The second kappa shape index (κ2) is 29.9. The first-order valence-corrected chi connectivity index (χ1v) is 14.4. The molecule has 0 saturated heterocycles. The van der Waals surface area contributed by atoms with Crippen molar-refractivity contribution in [3.8, 4) is 12.8 Å². The van der Waals surface area contributed by atoms with Gasteiger partial charge in [0.1, 0.15) is 0 Å². The number of hydrogen-bond acceptors (Lipinski definition) is 2. The molecule has 1 atom stereocenters. The fraction of sp³-hybridized carbons (Fsp3) is 0.368. The van der Waals surface area contributed by atoms with Crippen molar-refractivity contribution in [1.29, 1.82) is 0 Å². The summed E-state index contributed by atoms with van der Waals surface area (Å²) in [5, 5.41) is 0. The van der Waals surface area contributed by atoms with E-state index in [1.54, 1.807) is 0 Å². The Hall–Kier alpha value is -3.70. The van der Waals surface area contributed by atoms with Crippen LogP contribution >= 0.6 is 0 Å². The van der Waals surface area contributed by atoms with Crippen molar-refractivity contribution < 1.29 is 0 Å². The van der Waals surface area contributed by atoms with Crippen molar-refractivity contribution in [3.05, 3.63) is 121 Å². The monoisotopic (exact) mass is 540 g/mol. The Kier molecular flexibility index (Phi) is 30.4. The maximum Gasteiger partial charge on any atom is 0.0644 e. The van der Waals surface area contributed by atoms with Gasteiger partial charge in [0, 0.05) is 18.1 Å². The van der Waals surface area contributed by atoms with E-state index in [0.717, 1.165) is 19.4 Å². The minimum Gasteiger partial charge on any atom is -0.284 e. The molecule has 40 heavy (non-hydrogen) atoms. The van der Waals surface area contributed by atoms with Crippen LogP contribution in [0.15, 0.2) is 109 Å². The fourth-order valence-corrected chi connectivity index (χ4v) is 3.53. The van der Waals surface area contributed by atoms with Gasteiger partial charge in [-0.15, -0.1) is 26.0 Å². The molecule has 2 rings (SSSR count). The van der Waals surface area contributed by atoms with Crippen LogP contribution in [0.4, 0.5) is 0 Å². The predicted molar refractivity (Wildman–Crippen MR) is 185 cm³/mol. The number of benzene rings is 1. The second-order valence-corrected chi connectivity index (χ2v) is 8.57. The van der Waals surface area contributed by atoms with E-state index in [-0.39, 0.29) is 0 Å². The van der Waals surface area contributed by atoms with Gasteiger partial charge in [0.15, 0.2) is 0 Å².